The molecule has 110 valence electrons. The number of rotatable bonds is 5. The van der Waals surface area contributed by atoms with Gasteiger partial charge in [0.2, 0.25) is 5.91 Å². The Hall–Kier alpha value is -1.59. The van der Waals surface area contributed by atoms with Gasteiger partial charge in [-0.05, 0) is 17.7 Å². The molecule has 1 aromatic carbocycles. The van der Waals surface area contributed by atoms with Crippen molar-refractivity contribution in [1.82, 2.24) is 10.2 Å². The van der Waals surface area contributed by atoms with Gasteiger partial charge < -0.3 is 20.7 Å². The summed E-state index contributed by atoms with van der Waals surface area (Å²) >= 11 is 0. The van der Waals surface area contributed by atoms with Gasteiger partial charge in [-0.15, -0.1) is 0 Å². The number of nitrogens with zero attached hydrogens (tertiary/aromatic N) is 1. The maximum atomic E-state index is 11.3. The van der Waals surface area contributed by atoms with Crippen LogP contribution >= 0.6 is 0 Å². The second-order valence-electron chi connectivity index (χ2n) is 5.23. The van der Waals surface area contributed by atoms with E-state index in [0.29, 0.717) is 12.3 Å². The summed E-state index contributed by atoms with van der Waals surface area (Å²) < 4.78 is 5.17. The Kier molecular flexibility index (Phi) is 4.98. The molecule has 2 atom stereocenters. The minimum atomic E-state index is 0.0754. The number of benzene rings is 1. The number of ether oxygens (including phenoxy) is 1. The van der Waals surface area contributed by atoms with E-state index < -0.39 is 0 Å². The van der Waals surface area contributed by atoms with Crippen molar-refractivity contribution in [2.24, 2.45) is 5.73 Å². The molecule has 0 aromatic heterocycles. The Morgan fingerprint density at radius 3 is 2.70 bits per heavy atom. The molecule has 1 fully saturated rings. The standard InChI is InChI=1S/C15H23N3O2/c1-17-15(19)7-8-18-9-13(14(16)10-18)11-3-5-12(20-2)6-4-11/h3-6,13-14H,7-10,16H2,1-2H3,(H,17,19)/t13-,14+/m1/s1. The molecule has 0 unspecified atom stereocenters. The Morgan fingerprint density at radius 1 is 1.40 bits per heavy atom. The lowest BCUT2D eigenvalue weighted by Gasteiger charge is -2.16. The number of nitrogens with one attached hydrogen (secondary N) is 1. The molecular formula is C15H23N3O2. The van der Waals surface area contributed by atoms with Crippen molar-refractivity contribution < 1.29 is 9.53 Å². The smallest absolute Gasteiger partial charge is 0.221 e. The molecule has 0 aliphatic carbocycles. The van der Waals surface area contributed by atoms with Crippen LogP contribution < -0.4 is 15.8 Å². The van der Waals surface area contributed by atoms with Crippen LogP contribution in [0.1, 0.15) is 17.9 Å². The second-order valence-corrected chi connectivity index (χ2v) is 5.23. The highest BCUT2D eigenvalue weighted by Gasteiger charge is 2.31. The van der Waals surface area contributed by atoms with E-state index in [4.69, 9.17) is 10.5 Å². The van der Waals surface area contributed by atoms with Crippen LogP contribution in [0.2, 0.25) is 0 Å². The fraction of sp³-hybridized carbons (Fsp3) is 0.533. The predicted molar refractivity (Wildman–Crippen MR) is 78.8 cm³/mol. The molecule has 2 rings (SSSR count). The van der Waals surface area contributed by atoms with E-state index in [1.165, 1.54) is 5.56 Å². The lowest BCUT2D eigenvalue weighted by Crippen LogP contribution is -2.30. The van der Waals surface area contributed by atoms with E-state index in [9.17, 15) is 4.79 Å². The van der Waals surface area contributed by atoms with Gasteiger partial charge in [0.15, 0.2) is 0 Å². The zero-order valence-electron chi connectivity index (χ0n) is 12.1. The number of likely N-dealkylation sites (tertiary alicyclic amines) is 1. The summed E-state index contributed by atoms with van der Waals surface area (Å²) in [5, 5.41) is 2.64. The first kappa shape index (κ1) is 14.8. The second kappa shape index (κ2) is 6.72. The Balaban J connectivity index is 1.94. The number of hydrogen-bond acceptors (Lipinski definition) is 4. The van der Waals surface area contributed by atoms with Crippen molar-refractivity contribution in [1.29, 1.82) is 0 Å². The van der Waals surface area contributed by atoms with Gasteiger partial charge in [0.1, 0.15) is 5.75 Å². The van der Waals surface area contributed by atoms with E-state index in [2.05, 4.69) is 22.3 Å². The largest absolute Gasteiger partial charge is 0.497 e. The monoisotopic (exact) mass is 277 g/mol. The Bertz CT molecular complexity index is 447. The molecule has 1 saturated heterocycles. The quantitative estimate of drug-likeness (QED) is 0.825. The molecule has 5 nitrogen and oxygen atoms in total. The predicted octanol–water partition coefficient (Wildman–Crippen LogP) is 0.558. The molecular weight excluding hydrogens is 254 g/mol. The van der Waals surface area contributed by atoms with E-state index in [0.717, 1.165) is 25.4 Å². The van der Waals surface area contributed by atoms with Gasteiger partial charge in [-0.3, -0.25) is 4.79 Å². The summed E-state index contributed by atoms with van der Waals surface area (Å²) in [6.45, 7) is 2.51. The van der Waals surface area contributed by atoms with Gasteiger partial charge in [0.25, 0.3) is 0 Å². The molecule has 1 amide bonds. The van der Waals surface area contributed by atoms with Gasteiger partial charge >= 0.3 is 0 Å². The van der Waals surface area contributed by atoms with Crippen molar-refractivity contribution in [2.75, 3.05) is 33.8 Å². The molecule has 1 aromatic rings. The zero-order chi connectivity index (χ0) is 14.5. The van der Waals surface area contributed by atoms with Gasteiger partial charge in [-0.2, -0.15) is 0 Å². The summed E-state index contributed by atoms with van der Waals surface area (Å²) in [5.41, 5.74) is 7.47. The molecule has 0 saturated carbocycles. The first-order valence-corrected chi connectivity index (χ1v) is 6.96. The van der Waals surface area contributed by atoms with Gasteiger partial charge in [0, 0.05) is 45.1 Å². The molecule has 0 radical (unpaired) electrons. The first-order chi connectivity index (χ1) is 9.63. The molecule has 3 N–H and O–H groups in total. The van der Waals surface area contributed by atoms with Crippen LogP contribution in [0.25, 0.3) is 0 Å². The van der Waals surface area contributed by atoms with Crippen molar-refractivity contribution in [3.8, 4) is 5.75 Å². The fourth-order valence-electron chi connectivity index (χ4n) is 2.68. The number of methoxy groups -OCH3 is 1. The minimum absolute atomic E-state index is 0.0754. The highest BCUT2D eigenvalue weighted by atomic mass is 16.5. The average molecular weight is 277 g/mol. The SMILES string of the molecule is CNC(=O)CCN1C[C@H](c2ccc(OC)cc2)[C@@H](N)C1. The highest BCUT2D eigenvalue weighted by Crippen LogP contribution is 2.27. The number of nitrogens with two attached hydrogens (primary N) is 1. The van der Waals surface area contributed by atoms with Crippen LogP contribution in [0.4, 0.5) is 0 Å². The van der Waals surface area contributed by atoms with Crippen LogP contribution in [-0.4, -0.2) is 50.6 Å². The maximum Gasteiger partial charge on any atom is 0.221 e. The molecule has 1 aliphatic rings. The molecule has 0 bridgehead atoms. The van der Waals surface area contributed by atoms with Crippen molar-refractivity contribution in [3.05, 3.63) is 29.8 Å². The van der Waals surface area contributed by atoms with Crippen molar-refractivity contribution >= 4 is 5.91 Å². The number of carbonyl (C=O) groups excluding carboxylic acids is 1. The number of amides is 1. The summed E-state index contributed by atoms with van der Waals surface area (Å²) in [6, 6.07) is 8.20. The Morgan fingerprint density at radius 2 is 2.10 bits per heavy atom. The third kappa shape index (κ3) is 3.49. The zero-order valence-corrected chi connectivity index (χ0v) is 12.1. The average Bonchev–Trinajstić information content (AvgIpc) is 2.86. The van der Waals surface area contributed by atoms with Crippen LogP contribution in [-0.2, 0) is 4.79 Å². The minimum Gasteiger partial charge on any atom is -0.497 e. The molecule has 0 spiro atoms. The highest BCUT2D eigenvalue weighted by molar-refractivity contribution is 5.75. The third-order valence-electron chi connectivity index (χ3n) is 3.92. The van der Waals surface area contributed by atoms with E-state index in [1.807, 2.05) is 12.1 Å². The van der Waals surface area contributed by atoms with Crippen LogP contribution in [0.15, 0.2) is 24.3 Å². The summed E-state index contributed by atoms with van der Waals surface area (Å²) in [5.74, 6) is 1.26. The van der Waals surface area contributed by atoms with Crippen molar-refractivity contribution in [2.45, 2.75) is 18.4 Å². The van der Waals surface area contributed by atoms with Crippen LogP contribution in [0, 0.1) is 0 Å². The maximum absolute atomic E-state index is 11.3. The summed E-state index contributed by atoms with van der Waals surface area (Å²) in [4.78, 5) is 13.5. The normalized spacial score (nSPS) is 22.8. The molecule has 1 aliphatic heterocycles. The topological polar surface area (TPSA) is 67.6 Å². The lowest BCUT2D eigenvalue weighted by molar-refractivity contribution is -0.120. The van der Waals surface area contributed by atoms with E-state index >= 15 is 0 Å². The molecule has 5 heteroatoms. The number of hydrogen-bond donors (Lipinski definition) is 2. The van der Waals surface area contributed by atoms with Gasteiger partial charge in [-0.1, -0.05) is 12.1 Å². The van der Waals surface area contributed by atoms with E-state index in [1.54, 1.807) is 14.2 Å². The molecule has 1 heterocycles. The fourth-order valence-corrected chi connectivity index (χ4v) is 2.68. The lowest BCUT2D eigenvalue weighted by atomic mass is 9.95. The van der Waals surface area contributed by atoms with Crippen LogP contribution in [0.3, 0.4) is 0 Å². The Labute approximate surface area is 120 Å². The van der Waals surface area contributed by atoms with Crippen molar-refractivity contribution in [3.63, 3.8) is 0 Å². The van der Waals surface area contributed by atoms with Gasteiger partial charge in [-0.25, -0.2) is 0 Å². The number of carbonyl (C=O) groups is 1. The van der Waals surface area contributed by atoms with Gasteiger partial charge in [0.05, 0.1) is 7.11 Å². The molecule has 20 heavy (non-hydrogen) atoms. The van der Waals surface area contributed by atoms with E-state index in [-0.39, 0.29) is 11.9 Å². The summed E-state index contributed by atoms with van der Waals surface area (Å²) in [6.07, 6.45) is 0.526. The first-order valence-electron chi connectivity index (χ1n) is 6.96. The van der Waals surface area contributed by atoms with Crippen LogP contribution in [0.5, 0.6) is 5.75 Å². The third-order valence-corrected chi connectivity index (χ3v) is 3.92. The summed E-state index contributed by atoms with van der Waals surface area (Å²) in [7, 11) is 3.33.